The number of rotatable bonds is 12. The molecule has 0 unspecified atom stereocenters. The number of nitrogens with one attached hydrogen (secondary N) is 1. The van der Waals surface area contributed by atoms with Gasteiger partial charge in [-0.1, -0.05) is 0 Å². The Morgan fingerprint density at radius 1 is 0.694 bits per heavy atom. The van der Waals surface area contributed by atoms with Gasteiger partial charge < -0.3 is 104 Å². The average molecular weight is 717 g/mol. The van der Waals surface area contributed by atoms with Crippen LogP contribution in [0.3, 0.4) is 0 Å². The minimum atomic E-state index is -1.73. The number of hydrogen-bond acceptors (Lipinski definition) is 21. The van der Waals surface area contributed by atoms with Crippen molar-refractivity contribution in [3.8, 4) is 0 Å². The standard InChI is InChI=1S/C26H52N8O15/c27-1-2-34(43)26(42)33-8-3-7(30)20(47-23-12(31)17(39)15(37)9(4-28)44-23)22(14(8)36)49-25-19(41)21(11(6-35)46-25)48-24-13(32)18(40)16(38)10(5-29)45-24/h7-25,35-41,43H,1-6,27-32H2,(H,33,42)/t7-,8+,9+,10-,11+,12+,13+,14-,15+,16+,17-,18+,19+,20+,21+,22+,23+,24+,25-/m0/s1. The van der Waals surface area contributed by atoms with Crippen LogP contribution in [0.15, 0.2) is 0 Å². The summed E-state index contributed by atoms with van der Waals surface area (Å²) in [5, 5.41) is 86.9. The molecule has 4 rings (SSSR count). The molecule has 19 atom stereocenters. The van der Waals surface area contributed by atoms with Crippen LogP contribution in [0, 0.1) is 0 Å². The first kappa shape index (κ1) is 40.2. The van der Waals surface area contributed by atoms with Crippen molar-refractivity contribution in [2.24, 2.45) is 34.4 Å². The molecule has 21 N–H and O–H groups in total. The highest BCUT2D eigenvalue weighted by Gasteiger charge is 2.55. The minimum absolute atomic E-state index is 0.0698. The summed E-state index contributed by atoms with van der Waals surface area (Å²) in [5.41, 5.74) is 35.2. The molecule has 49 heavy (non-hydrogen) atoms. The van der Waals surface area contributed by atoms with E-state index in [1.165, 1.54) is 0 Å². The Bertz CT molecular complexity index is 1060. The van der Waals surface area contributed by atoms with Crippen molar-refractivity contribution in [1.82, 2.24) is 10.4 Å². The van der Waals surface area contributed by atoms with Crippen LogP contribution in [0.25, 0.3) is 0 Å². The summed E-state index contributed by atoms with van der Waals surface area (Å²) >= 11 is 0. The summed E-state index contributed by atoms with van der Waals surface area (Å²) in [6.45, 7) is -1.46. The zero-order chi connectivity index (χ0) is 36.3. The quantitative estimate of drug-likeness (QED) is 0.0658. The maximum absolute atomic E-state index is 12.6. The molecule has 0 radical (unpaired) electrons. The zero-order valence-corrected chi connectivity index (χ0v) is 26.6. The second-order valence-electron chi connectivity index (χ2n) is 12.6. The Balaban J connectivity index is 1.57. The van der Waals surface area contributed by atoms with E-state index in [2.05, 4.69) is 5.32 Å². The molecule has 286 valence electrons. The van der Waals surface area contributed by atoms with E-state index in [1.54, 1.807) is 0 Å². The van der Waals surface area contributed by atoms with Gasteiger partial charge in [0.15, 0.2) is 18.9 Å². The van der Waals surface area contributed by atoms with Crippen molar-refractivity contribution in [2.75, 3.05) is 32.8 Å². The van der Waals surface area contributed by atoms with Crippen LogP contribution in [-0.2, 0) is 28.4 Å². The van der Waals surface area contributed by atoms with Crippen molar-refractivity contribution in [3.63, 3.8) is 0 Å². The van der Waals surface area contributed by atoms with Crippen LogP contribution < -0.4 is 39.7 Å². The molecule has 0 aromatic rings. The van der Waals surface area contributed by atoms with E-state index in [1.807, 2.05) is 0 Å². The zero-order valence-electron chi connectivity index (χ0n) is 26.6. The number of carbonyl (C=O) groups excluding carboxylic acids is 1. The van der Waals surface area contributed by atoms with Crippen LogP contribution in [0.1, 0.15) is 6.42 Å². The fourth-order valence-corrected chi connectivity index (χ4v) is 6.31. The van der Waals surface area contributed by atoms with E-state index in [0.29, 0.717) is 5.06 Å². The third-order valence-corrected chi connectivity index (χ3v) is 9.21. The van der Waals surface area contributed by atoms with Gasteiger partial charge in [-0.3, -0.25) is 5.21 Å². The summed E-state index contributed by atoms with van der Waals surface area (Å²) in [5.74, 6) is 0. The van der Waals surface area contributed by atoms with Crippen molar-refractivity contribution >= 4 is 6.03 Å². The molecule has 23 heteroatoms. The predicted octanol–water partition coefficient (Wildman–Crippen LogP) is -9.49. The van der Waals surface area contributed by atoms with E-state index >= 15 is 0 Å². The second kappa shape index (κ2) is 17.3. The van der Waals surface area contributed by atoms with E-state index in [0.717, 1.165) is 0 Å². The molecule has 0 spiro atoms. The fourth-order valence-electron chi connectivity index (χ4n) is 6.31. The van der Waals surface area contributed by atoms with Gasteiger partial charge >= 0.3 is 6.03 Å². The van der Waals surface area contributed by atoms with E-state index in [-0.39, 0.29) is 32.6 Å². The van der Waals surface area contributed by atoms with Gasteiger partial charge in [0.1, 0.15) is 73.2 Å². The van der Waals surface area contributed by atoms with Crippen LogP contribution in [-0.4, -0.2) is 201 Å². The minimum Gasteiger partial charge on any atom is -0.394 e. The van der Waals surface area contributed by atoms with Gasteiger partial charge in [0.2, 0.25) is 0 Å². The first-order valence-electron chi connectivity index (χ1n) is 15.9. The molecule has 0 bridgehead atoms. The average Bonchev–Trinajstić information content (AvgIpc) is 3.38. The first-order valence-corrected chi connectivity index (χ1v) is 15.9. The highest BCUT2D eigenvalue weighted by molar-refractivity contribution is 5.73. The van der Waals surface area contributed by atoms with E-state index < -0.39 is 129 Å². The number of amides is 2. The number of nitrogens with two attached hydrogens (primary N) is 6. The maximum atomic E-state index is 12.6. The fraction of sp³-hybridized carbons (Fsp3) is 0.962. The Morgan fingerprint density at radius 2 is 1.18 bits per heavy atom. The molecule has 0 aromatic carbocycles. The molecule has 4 aliphatic rings. The Hall–Kier alpha value is -1.53. The van der Waals surface area contributed by atoms with Gasteiger partial charge in [-0.15, -0.1) is 0 Å². The molecule has 3 heterocycles. The third kappa shape index (κ3) is 8.58. The summed E-state index contributed by atoms with van der Waals surface area (Å²) < 4.78 is 34.9. The summed E-state index contributed by atoms with van der Waals surface area (Å²) in [6.07, 6.45) is -21.8. The molecular weight excluding hydrogens is 664 g/mol. The molecule has 1 aliphatic carbocycles. The first-order chi connectivity index (χ1) is 23.2. The normalized spacial score (nSPS) is 47.6. The number of carbonyl (C=O) groups is 1. The summed E-state index contributed by atoms with van der Waals surface area (Å²) in [7, 11) is 0. The largest absolute Gasteiger partial charge is 0.394 e. The van der Waals surface area contributed by atoms with Crippen molar-refractivity contribution in [3.05, 3.63) is 0 Å². The van der Waals surface area contributed by atoms with Gasteiger partial charge in [0.05, 0.1) is 31.3 Å². The lowest BCUT2D eigenvalue weighted by Gasteiger charge is -2.48. The number of ether oxygens (including phenoxy) is 6. The van der Waals surface area contributed by atoms with Crippen molar-refractivity contribution in [1.29, 1.82) is 0 Å². The van der Waals surface area contributed by atoms with Gasteiger partial charge in [-0.05, 0) is 6.42 Å². The number of hydroxylamine groups is 2. The molecule has 1 saturated carbocycles. The van der Waals surface area contributed by atoms with Crippen LogP contribution in [0.4, 0.5) is 4.79 Å². The molecule has 3 aliphatic heterocycles. The predicted molar refractivity (Wildman–Crippen MR) is 160 cm³/mol. The second-order valence-corrected chi connectivity index (χ2v) is 12.6. The molecular formula is C26H52N8O15. The summed E-state index contributed by atoms with van der Waals surface area (Å²) in [4.78, 5) is 12.6. The molecule has 3 saturated heterocycles. The van der Waals surface area contributed by atoms with Gasteiger partial charge in [-0.2, -0.15) is 0 Å². The lowest BCUT2D eigenvalue weighted by molar-refractivity contribution is -0.307. The Morgan fingerprint density at radius 3 is 1.67 bits per heavy atom. The number of aliphatic hydroxyl groups is 7. The van der Waals surface area contributed by atoms with Crippen molar-refractivity contribution in [2.45, 2.75) is 123 Å². The lowest BCUT2D eigenvalue weighted by Crippen LogP contribution is -2.69. The summed E-state index contributed by atoms with van der Waals surface area (Å²) in [6, 6.07) is -5.90. The highest BCUT2D eigenvalue weighted by Crippen LogP contribution is 2.34. The van der Waals surface area contributed by atoms with Crippen molar-refractivity contribution < 1.29 is 74.2 Å². The lowest BCUT2D eigenvalue weighted by atomic mass is 9.83. The van der Waals surface area contributed by atoms with Crippen LogP contribution >= 0.6 is 0 Å². The SMILES string of the molecule is NCCN(O)C(=O)N[C@@H]1C[C@H](N)[C@@H](O[C@H]2O[C@H](CN)[C@@H](O)[C@@H](O)[C@H]2N)[C@H](O[C@@H]2O[C@H](CO)[C@@H](O[C@H]3O[C@@H](CN)[C@@H](O)[C@H](O)[C@H]3N)[C@H]2O)[C@H]1O. The van der Waals surface area contributed by atoms with Gasteiger partial charge in [-0.25, -0.2) is 9.86 Å². The van der Waals surface area contributed by atoms with Gasteiger partial charge in [0, 0.05) is 25.7 Å². The Kier molecular flexibility index (Phi) is 14.2. The van der Waals surface area contributed by atoms with E-state index in [9.17, 15) is 45.7 Å². The third-order valence-electron chi connectivity index (χ3n) is 9.21. The molecule has 4 fully saturated rings. The van der Waals surface area contributed by atoms with Gasteiger partial charge in [0.25, 0.3) is 0 Å². The topological polar surface area (TPSA) is 406 Å². The monoisotopic (exact) mass is 716 g/mol. The van der Waals surface area contributed by atoms with Crippen LogP contribution in [0.2, 0.25) is 0 Å². The molecule has 23 nitrogen and oxygen atoms in total. The highest BCUT2D eigenvalue weighted by atomic mass is 16.8. The Labute approximate surface area is 280 Å². The maximum Gasteiger partial charge on any atom is 0.341 e. The number of nitrogens with zero attached hydrogens (tertiary/aromatic N) is 1. The molecule has 0 aromatic heterocycles. The number of aliphatic hydroxyl groups excluding tert-OH is 7. The number of hydrogen-bond donors (Lipinski definition) is 15. The van der Waals surface area contributed by atoms with E-state index in [4.69, 9.17) is 62.8 Å². The van der Waals surface area contributed by atoms with Crippen LogP contribution in [0.5, 0.6) is 0 Å². The number of urea groups is 1. The smallest absolute Gasteiger partial charge is 0.341 e. The molecule has 2 amide bonds.